The second-order valence-electron chi connectivity index (χ2n) is 27.5. The Bertz CT molecular complexity index is 2920. The van der Waals surface area contributed by atoms with Crippen LogP contribution in [0.25, 0.3) is 0 Å². The van der Waals surface area contributed by atoms with E-state index in [1.54, 1.807) is 0 Å². The summed E-state index contributed by atoms with van der Waals surface area (Å²) in [7, 11) is -3.91. The number of hydrogen-bond donors (Lipinski definition) is 0. The molecule has 0 amide bonds. The maximum Gasteiger partial charge on any atom is 0.306 e. The third-order valence-electron chi connectivity index (χ3n) is 23.4. The van der Waals surface area contributed by atoms with Gasteiger partial charge in [-0.3, -0.25) is 9.59 Å². The Morgan fingerprint density at radius 2 is 0.915 bits per heavy atom. The van der Waals surface area contributed by atoms with Crippen LogP contribution in [-0.4, -0.2) is 37.0 Å². The monoisotopic (exact) mass is 1130 g/mol. The Morgan fingerprint density at radius 3 is 1.35 bits per heavy atom. The van der Waals surface area contributed by atoms with E-state index in [1.807, 2.05) is 0 Å². The Balaban J connectivity index is 0.732. The molecule has 5 aliphatic rings. The lowest BCUT2D eigenvalue weighted by atomic mass is 9.32. The van der Waals surface area contributed by atoms with Crippen molar-refractivity contribution in [2.45, 2.75) is 150 Å². The third kappa shape index (κ3) is 10.4. The van der Waals surface area contributed by atoms with Crippen LogP contribution < -0.4 is 31.8 Å². The summed E-state index contributed by atoms with van der Waals surface area (Å²) in [5, 5.41) is 8.36. The summed E-state index contributed by atoms with van der Waals surface area (Å²) >= 11 is 0. The first-order valence-corrected chi connectivity index (χ1v) is 35.7. The lowest BCUT2D eigenvalue weighted by molar-refractivity contribution is -0.252. The summed E-state index contributed by atoms with van der Waals surface area (Å²) < 4.78 is 13.3. The summed E-state index contributed by atoms with van der Waals surface area (Å²) in [5.74, 6) is 2.57. The fraction of sp³-hybridized carbons (Fsp3) is 0.474. The van der Waals surface area contributed by atoms with E-state index in [4.69, 9.17) is 9.47 Å². The van der Waals surface area contributed by atoms with Crippen molar-refractivity contribution >= 4 is 58.3 Å². The van der Waals surface area contributed by atoms with Crippen LogP contribution >= 0.6 is 14.5 Å². The molecule has 0 bridgehead atoms. The molecule has 0 saturated heterocycles. The summed E-state index contributed by atoms with van der Waals surface area (Å²) in [6, 6.07) is 66.6. The molecule has 10 atom stereocenters. The third-order valence-corrected chi connectivity index (χ3v) is 32.5. The van der Waals surface area contributed by atoms with Crippen LogP contribution in [-0.2, 0) is 19.1 Å². The highest BCUT2D eigenvalue weighted by Crippen LogP contribution is 2.78. The summed E-state index contributed by atoms with van der Waals surface area (Å²) in [5.41, 5.74) is 1.76. The van der Waals surface area contributed by atoms with Crippen molar-refractivity contribution in [1.29, 1.82) is 0 Å². The normalized spacial score (nSPS) is 29.2. The highest BCUT2D eigenvalue weighted by Gasteiger charge is 2.71. The Labute approximate surface area is 494 Å². The van der Waals surface area contributed by atoms with E-state index in [9.17, 15) is 9.59 Å². The van der Waals surface area contributed by atoms with Crippen LogP contribution in [0.3, 0.4) is 0 Å². The largest absolute Gasteiger partial charge is 0.465 e. The van der Waals surface area contributed by atoms with Gasteiger partial charge in [0.1, 0.15) is 52.5 Å². The molecule has 0 spiro atoms. The van der Waals surface area contributed by atoms with Gasteiger partial charge in [-0.15, -0.1) is 0 Å². The SMILES string of the molecule is C=C(C)[C@@H]1CC[C@]2(COC(=O)CCCC[P+](c3ccccc3)(c3ccccc3)c3ccccc3)CC[C@]3(C)[C@H](CC[C@@H]4[C@@]5(C)CC[C@H](OC(=O)CCCC[P+](c6ccccc6)(c6ccccc6)c6ccccc6)C(C)(C)[C@@H]5CC[C@]43C)[C@@H]12. The molecule has 5 fully saturated rings. The van der Waals surface area contributed by atoms with Gasteiger partial charge in [0.2, 0.25) is 0 Å². The number of esters is 2. The van der Waals surface area contributed by atoms with Gasteiger partial charge in [0.15, 0.2) is 0 Å². The molecule has 0 radical (unpaired) electrons. The second kappa shape index (κ2) is 24.1. The lowest BCUT2D eigenvalue weighted by Gasteiger charge is -2.73. The molecule has 0 N–H and O–H groups in total. The predicted octanol–water partition coefficient (Wildman–Crippen LogP) is 16.4. The second-order valence-corrected chi connectivity index (χ2v) is 34.8. The number of carbonyl (C=O) groups is 2. The summed E-state index contributed by atoms with van der Waals surface area (Å²) in [4.78, 5) is 28.2. The quantitative estimate of drug-likeness (QED) is 0.0331. The minimum Gasteiger partial charge on any atom is -0.465 e. The van der Waals surface area contributed by atoms with Gasteiger partial charge < -0.3 is 9.47 Å². The standard InChI is InChI=1S/C76H94O4P2/c1-57(2)64-46-51-76(56-79-69(77)42-26-28-54-81(58-30-14-8-15-31-58,59-32-16-9-17-33-59)60-34-18-10-19-35-60)53-52-74(6)65(71(64)76)44-45-67-73(5)49-48-68(72(3,4)66(73)47-50-75(67,74)7)80-70(78)43-27-29-55-82(61-36-20-11-21-37-61,62-38-22-12-23-39-62)63-40-24-13-25-41-63/h8-25,30-41,64-68,71H,1,26-29,42-56H2,2-7H3/q+2/t64-,65+,66-,67+,68-,71+,73-,74+,75+,76+/m0/s1. The molecule has 0 aromatic heterocycles. The van der Waals surface area contributed by atoms with Gasteiger partial charge in [0.05, 0.1) is 18.9 Å². The number of allylic oxidation sites excluding steroid dienone is 1. The number of benzene rings is 6. The molecule has 5 saturated carbocycles. The molecule has 430 valence electrons. The van der Waals surface area contributed by atoms with E-state index < -0.39 is 14.5 Å². The molecule has 5 aliphatic carbocycles. The lowest BCUT2D eigenvalue weighted by Crippen LogP contribution is -2.67. The predicted molar refractivity (Wildman–Crippen MR) is 348 cm³/mol. The average Bonchev–Trinajstić information content (AvgIpc) is 1.16. The zero-order valence-corrected chi connectivity index (χ0v) is 52.2. The van der Waals surface area contributed by atoms with Crippen LogP contribution in [0, 0.1) is 56.7 Å². The van der Waals surface area contributed by atoms with E-state index in [1.165, 1.54) is 69.5 Å². The van der Waals surface area contributed by atoms with Crippen LogP contribution in [0.1, 0.15) is 144 Å². The Kier molecular flexibility index (Phi) is 17.2. The molecule has 6 aromatic carbocycles. The highest BCUT2D eigenvalue weighted by molar-refractivity contribution is 7.96. The van der Waals surface area contributed by atoms with Gasteiger partial charge >= 0.3 is 11.9 Å². The Hall–Kier alpha value is -5.14. The van der Waals surface area contributed by atoms with E-state index in [0.29, 0.717) is 49.0 Å². The highest BCUT2D eigenvalue weighted by atomic mass is 31.2. The van der Waals surface area contributed by atoms with E-state index in [-0.39, 0.29) is 45.1 Å². The summed E-state index contributed by atoms with van der Waals surface area (Å²) in [6.45, 7) is 20.5. The number of fused-ring (bicyclic) bond motifs is 7. The number of unbranched alkanes of at least 4 members (excludes halogenated alkanes) is 2. The number of hydrogen-bond acceptors (Lipinski definition) is 4. The molecule has 11 rings (SSSR count). The minimum atomic E-state index is -1.95. The van der Waals surface area contributed by atoms with Crippen molar-refractivity contribution < 1.29 is 19.1 Å². The smallest absolute Gasteiger partial charge is 0.306 e. The molecule has 0 aliphatic heterocycles. The molecule has 0 heterocycles. The number of ether oxygens (including phenoxy) is 2. The molecular weight excluding hydrogens is 1040 g/mol. The molecule has 82 heavy (non-hydrogen) atoms. The fourth-order valence-corrected chi connectivity index (χ4v) is 28.1. The maximum atomic E-state index is 14.1. The van der Waals surface area contributed by atoms with Crippen molar-refractivity contribution in [1.82, 2.24) is 0 Å². The number of rotatable bonds is 20. The number of carbonyl (C=O) groups excluding carboxylic acids is 2. The van der Waals surface area contributed by atoms with Crippen LogP contribution in [0.15, 0.2) is 194 Å². The van der Waals surface area contributed by atoms with Gasteiger partial charge in [0, 0.05) is 23.7 Å². The zero-order valence-electron chi connectivity index (χ0n) is 50.5. The molecular formula is C76H94O4P2+2. The van der Waals surface area contributed by atoms with Gasteiger partial charge in [-0.2, -0.15) is 0 Å². The fourth-order valence-electron chi connectivity index (χ4n) is 19.2. The minimum absolute atomic E-state index is 0.00263. The molecule has 6 aromatic rings. The average molecular weight is 1130 g/mol. The zero-order chi connectivity index (χ0) is 57.2. The van der Waals surface area contributed by atoms with Gasteiger partial charge in [-0.1, -0.05) is 156 Å². The molecule has 4 nitrogen and oxygen atoms in total. The van der Waals surface area contributed by atoms with Crippen molar-refractivity contribution in [3.05, 3.63) is 194 Å². The Morgan fingerprint density at radius 1 is 0.476 bits per heavy atom. The van der Waals surface area contributed by atoms with E-state index in [2.05, 4.69) is 230 Å². The first kappa shape index (κ1) is 58.6. The molecule has 6 heteroatoms. The van der Waals surface area contributed by atoms with Crippen molar-refractivity contribution in [2.24, 2.45) is 56.7 Å². The first-order valence-electron chi connectivity index (χ1n) is 31.7. The van der Waals surface area contributed by atoms with Crippen LogP contribution in [0.4, 0.5) is 0 Å². The van der Waals surface area contributed by atoms with E-state index >= 15 is 0 Å². The van der Waals surface area contributed by atoms with Crippen molar-refractivity contribution in [3.8, 4) is 0 Å². The summed E-state index contributed by atoms with van der Waals surface area (Å²) in [6.07, 6.45) is 18.0. The maximum absolute atomic E-state index is 14.1. The molecule has 0 unspecified atom stereocenters. The van der Waals surface area contributed by atoms with Gasteiger partial charge in [0.25, 0.3) is 0 Å². The topological polar surface area (TPSA) is 52.6 Å². The van der Waals surface area contributed by atoms with Crippen molar-refractivity contribution in [2.75, 3.05) is 18.9 Å². The van der Waals surface area contributed by atoms with Crippen LogP contribution in [0.5, 0.6) is 0 Å². The van der Waals surface area contributed by atoms with Gasteiger partial charge in [-0.05, 0) is 215 Å². The first-order chi connectivity index (χ1) is 39.6. The van der Waals surface area contributed by atoms with Crippen LogP contribution in [0.2, 0.25) is 0 Å². The van der Waals surface area contributed by atoms with Gasteiger partial charge in [-0.25, -0.2) is 0 Å². The van der Waals surface area contributed by atoms with Crippen molar-refractivity contribution in [3.63, 3.8) is 0 Å². The van der Waals surface area contributed by atoms with E-state index in [0.717, 1.165) is 70.1 Å².